The molecule has 1 aromatic heterocycles. The molecule has 24 heavy (non-hydrogen) atoms. The average molecular weight is 327 g/mol. The molecule has 0 radical (unpaired) electrons. The lowest BCUT2D eigenvalue weighted by molar-refractivity contribution is -0.123. The zero-order valence-electron chi connectivity index (χ0n) is 13.7. The molecule has 0 aliphatic rings. The number of nitrogens with one attached hydrogen (secondary N) is 2. The Hall–Kier alpha value is -2.89. The number of nitrogens with zero attached hydrogens (tertiary/aromatic N) is 1. The molecule has 6 nitrogen and oxygen atoms in total. The molecule has 0 bridgehead atoms. The van der Waals surface area contributed by atoms with Crippen molar-refractivity contribution < 1.29 is 14.0 Å². The van der Waals surface area contributed by atoms with Crippen LogP contribution in [0.2, 0.25) is 0 Å². The molecule has 0 saturated carbocycles. The minimum absolute atomic E-state index is 0.242. The van der Waals surface area contributed by atoms with E-state index in [1.807, 2.05) is 19.9 Å². The highest BCUT2D eigenvalue weighted by atomic mass is 16.3. The van der Waals surface area contributed by atoms with Gasteiger partial charge < -0.3 is 9.73 Å². The molecule has 0 saturated heterocycles. The molecule has 0 aliphatic carbocycles. The predicted molar refractivity (Wildman–Crippen MR) is 91.6 cm³/mol. The lowest BCUT2D eigenvalue weighted by atomic mass is 10.0. The number of hydrogen-bond acceptors (Lipinski definition) is 4. The molecule has 0 spiro atoms. The van der Waals surface area contributed by atoms with Crippen molar-refractivity contribution in [3.8, 4) is 0 Å². The third kappa shape index (κ3) is 5.39. The van der Waals surface area contributed by atoms with E-state index in [9.17, 15) is 9.59 Å². The second-order valence-electron chi connectivity index (χ2n) is 5.77. The van der Waals surface area contributed by atoms with Crippen LogP contribution in [0, 0.1) is 5.92 Å². The summed E-state index contributed by atoms with van der Waals surface area (Å²) in [7, 11) is 0. The van der Waals surface area contributed by atoms with Crippen molar-refractivity contribution in [2.24, 2.45) is 11.0 Å². The van der Waals surface area contributed by atoms with Crippen LogP contribution in [0.5, 0.6) is 0 Å². The number of carbonyl (C=O) groups excluding carboxylic acids is 2. The number of hydrazone groups is 1. The number of carbonyl (C=O) groups is 2. The van der Waals surface area contributed by atoms with Crippen molar-refractivity contribution >= 4 is 18.0 Å². The van der Waals surface area contributed by atoms with Gasteiger partial charge in [0.2, 0.25) is 0 Å². The minimum atomic E-state index is -0.661. The van der Waals surface area contributed by atoms with Crippen molar-refractivity contribution in [2.75, 3.05) is 0 Å². The van der Waals surface area contributed by atoms with Gasteiger partial charge in [0.05, 0.1) is 12.5 Å². The molecule has 126 valence electrons. The normalized spacial score (nSPS) is 12.3. The molecule has 2 N–H and O–H groups in total. The Balaban J connectivity index is 1.98. The lowest BCUT2D eigenvalue weighted by Crippen LogP contribution is -2.46. The summed E-state index contributed by atoms with van der Waals surface area (Å²) in [4.78, 5) is 24.6. The maximum absolute atomic E-state index is 12.3. The largest absolute Gasteiger partial charge is 0.463 e. The van der Waals surface area contributed by atoms with Gasteiger partial charge in [-0.2, -0.15) is 5.10 Å². The molecule has 0 fully saturated rings. The van der Waals surface area contributed by atoms with Crippen molar-refractivity contribution in [1.29, 1.82) is 0 Å². The molecule has 2 rings (SSSR count). The third-order valence-corrected chi connectivity index (χ3v) is 3.27. The zero-order chi connectivity index (χ0) is 17.4. The van der Waals surface area contributed by atoms with E-state index in [4.69, 9.17) is 4.42 Å². The van der Waals surface area contributed by atoms with Crippen LogP contribution in [0.25, 0.3) is 0 Å². The van der Waals surface area contributed by atoms with E-state index in [2.05, 4.69) is 15.8 Å². The first-order valence-electron chi connectivity index (χ1n) is 7.78. The van der Waals surface area contributed by atoms with E-state index in [1.54, 1.807) is 36.4 Å². The highest BCUT2D eigenvalue weighted by molar-refractivity contribution is 5.97. The van der Waals surface area contributed by atoms with Crippen molar-refractivity contribution in [2.45, 2.75) is 26.3 Å². The second kappa shape index (κ2) is 8.67. The van der Waals surface area contributed by atoms with E-state index in [0.29, 0.717) is 17.7 Å². The van der Waals surface area contributed by atoms with E-state index in [0.717, 1.165) is 0 Å². The second-order valence-corrected chi connectivity index (χ2v) is 5.77. The van der Waals surface area contributed by atoms with Crippen molar-refractivity contribution in [1.82, 2.24) is 10.7 Å². The Morgan fingerprint density at radius 3 is 2.54 bits per heavy atom. The van der Waals surface area contributed by atoms with E-state index >= 15 is 0 Å². The highest BCUT2D eigenvalue weighted by Gasteiger charge is 2.22. The quantitative estimate of drug-likeness (QED) is 0.605. The number of amides is 2. The van der Waals surface area contributed by atoms with E-state index in [1.165, 1.54) is 12.5 Å². The summed E-state index contributed by atoms with van der Waals surface area (Å²) >= 11 is 0. The SMILES string of the molecule is CC(C)CC(NC(=O)c1ccccc1)C(=O)N/N=C\c1ccco1. The number of rotatable bonds is 7. The standard InChI is InChI=1S/C18H21N3O3/c1-13(2)11-16(20-17(22)14-7-4-3-5-8-14)18(23)21-19-12-15-9-6-10-24-15/h3-10,12-13,16H,11H2,1-2H3,(H,20,22)(H,21,23)/b19-12-. The zero-order valence-corrected chi connectivity index (χ0v) is 13.7. The molecule has 1 unspecified atom stereocenters. The van der Waals surface area contributed by atoms with Gasteiger partial charge in [0.25, 0.3) is 11.8 Å². The number of hydrogen-bond donors (Lipinski definition) is 2. The van der Waals surface area contributed by atoms with Crippen LogP contribution in [-0.2, 0) is 4.79 Å². The van der Waals surface area contributed by atoms with Crippen LogP contribution in [-0.4, -0.2) is 24.1 Å². The summed E-state index contributed by atoms with van der Waals surface area (Å²) in [5, 5.41) is 6.61. The Morgan fingerprint density at radius 1 is 1.17 bits per heavy atom. The fourth-order valence-electron chi connectivity index (χ4n) is 2.14. The van der Waals surface area contributed by atoms with Crippen LogP contribution in [0.15, 0.2) is 58.2 Å². The molecule has 1 aromatic carbocycles. The molecule has 2 amide bonds. The van der Waals surface area contributed by atoms with Crippen molar-refractivity contribution in [3.05, 3.63) is 60.1 Å². The Morgan fingerprint density at radius 2 is 1.92 bits per heavy atom. The topological polar surface area (TPSA) is 83.7 Å². The summed E-state index contributed by atoms with van der Waals surface area (Å²) in [6.07, 6.45) is 3.44. The molecule has 2 aromatic rings. The van der Waals surface area contributed by atoms with Gasteiger partial charge in [-0.1, -0.05) is 32.0 Å². The van der Waals surface area contributed by atoms with Gasteiger partial charge in [-0.15, -0.1) is 0 Å². The first kappa shape index (κ1) is 17.5. The van der Waals surface area contributed by atoms with Gasteiger partial charge in [0.1, 0.15) is 11.8 Å². The minimum Gasteiger partial charge on any atom is -0.463 e. The van der Waals surface area contributed by atoms with E-state index in [-0.39, 0.29) is 17.7 Å². The van der Waals surface area contributed by atoms with Crippen LogP contribution >= 0.6 is 0 Å². The Kier molecular flexibility index (Phi) is 6.31. The molecular formula is C18H21N3O3. The molecule has 1 atom stereocenters. The van der Waals surface area contributed by atoms with Gasteiger partial charge >= 0.3 is 0 Å². The highest BCUT2D eigenvalue weighted by Crippen LogP contribution is 2.07. The van der Waals surface area contributed by atoms with Gasteiger partial charge in [0, 0.05) is 5.56 Å². The van der Waals surface area contributed by atoms with Crippen LogP contribution in [0.3, 0.4) is 0 Å². The maximum Gasteiger partial charge on any atom is 0.262 e. The molecular weight excluding hydrogens is 306 g/mol. The van der Waals surface area contributed by atoms with Gasteiger partial charge in [0.15, 0.2) is 0 Å². The Bertz CT molecular complexity index is 679. The maximum atomic E-state index is 12.3. The summed E-state index contributed by atoms with van der Waals surface area (Å²) in [5.74, 6) is 0.122. The Labute approximate surface area is 140 Å². The average Bonchev–Trinajstić information content (AvgIpc) is 3.08. The summed E-state index contributed by atoms with van der Waals surface area (Å²) in [5.41, 5.74) is 2.95. The van der Waals surface area contributed by atoms with Gasteiger partial charge in [-0.25, -0.2) is 5.43 Å². The predicted octanol–water partition coefficient (Wildman–Crippen LogP) is 2.57. The van der Waals surface area contributed by atoms with E-state index < -0.39 is 6.04 Å². The summed E-state index contributed by atoms with van der Waals surface area (Å²) < 4.78 is 5.09. The van der Waals surface area contributed by atoms with Crippen molar-refractivity contribution in [3.63, 3.8) is 0 Å². The smallest absolute Gasteiger partial charge is 0.262 e. The van der Waals surface area contributed by atoms with Gasteiger partial charge in [-0.05, 0) is 36.6 Å². The molecule has 0 aliphatic heterocycles. The lowest BCUT2D eigenvalue weighted by Gasteiger charge is -2.18. The molecule has 6 heteroatoms. The fraction of sp³-hybridized carbons (Fsp3) is 0.278. The van der Waals surface area contributed by atoms with Crippen LogP contribution < -0.4 is 10.7 Å². The van der Waals surface area contributed by atoms with Gasteiger partial charge in [-0.3, -0.25) is 9.59 Å². The van der Waals surface area contributed by atoms with Crippen LogP contribution in [0.4, 0.5) is 0 Å². The summed E-state index contributed by atoms with van der Waals surface area (Å²) in [6.45, 7) is 3.97. The number of benzene rings is 1. The van der Waals surface area contributed by atoms with Crippen LogP contribution in [0.1, 0.15) is 36.4 Å². The summed E-state index contributed by atoms with van der Waals surface area (Å²) in [6, 6.07) is 11.6. The third-order valence-electron chi connectivity index (χ3n) is 3.27. The number of furan rings is 1. The fourth-order valence-corrected chi connectivity index (χ4v) is 2.14. The first-order chi connectivity index (χ1) is 11.6. The first-order valence-corrected chi connectivity index (χ1v) is 7.78. The monoisotopic (exact) mass is 327 g/mol. The molecule has 1 heterocycles.